The number of thiophene rings is 1. The lowest BCUT2D eigenvalue weighted by atomic mass is 10.1. The van der Waals surface area contributed by atoms with Gasteiger partial charge in [0.05, 0.1) is 0 Å². The first-order valence-electron chi connectivity index (χ1n) is 10.3. The van der Waals surface area contributed by atoms with Crippen molar-refractivity contribution < 1.29 is 5.11 Å². The van der Waals surface area contributed by atoms with Crippen LogP contribution in [0, 0.1) is 0 Å². The number of nitrogens with one attached hydrogen (secondary N) is 1. The monoisotopic (exact) mass is 443 g/mol. The van der Waals surface area contributed by atoms with E-state index in [0.717, 1.165) is 28.7 Å². The minimum atomic E-state index is 0.518. The molecule has 0 spiro atoms. The predicted molar refractivity (Wildman–Crippen MR) is 132 cm³/mol. The fourth-order valence-corrected chi connectivity index (χ4v) is 4.59. The first kappa shape index (κ1) is 20.1. The van der Waals surface area contributed by atoms with Crippen molar-refractivity contribution in [1.29, 1.82) is 0 Å². The molecule has 0 aliphatic rings. The predicted octanol–water partition coefficient (Wildman–Crippen LogP) is 4.46. The lowest BCUT2D eigenvalue weighted by Gasteiger charge is -2.15. The number of hydrogen-bond donors (Lipinski definition) is 1. The van der Waals surface area contributed by atoms with Gasteiger partial charge in [-0.05, 0) is 30.2 Å². The Balaban J connectivity index is 1.57. The standard InChI is InChI=1S/C24H22N6OS/c1-30(2)24-21-20(26-14-27-24)23(25-12-11-15-7-9-16(31)10-8-15)29-22(28-21)18-13-32-19-6-4-3-5-17(18)19/h3-10,13-14,31H,11-12H2,1-2H3,(H,25,28,29)/p+1. The van der Waals surface area contributed by atoms with Crippen molar-refractivity contribution in [2.45, 2.75) is 6.42 Å². The van der Waals surface area contributed by atoms with Gasteiger partial charge >= 0.3 is 0 Å². The highest BCUT2D eigenvalue weighted by Crippen LogP contribution is 2.34. The molecule has 8 heteroatoms. The molecule has 5 aromatic rings. The third kappa shape index (κ3) is 3.80. The van der Waals surface area contributed by atoms with Crippen molar-refractivity contribution in [1.82, 2.24) is 19.9 Å². The molecule has 0 saturated carbocycles. The van der Waals surface area contributed by atoms with E-state index in [1.54, 1.807) is 17.7 Å². The molecule has 0 radical (unpaired) electrons. The highest BCUT2D eigenvalue weighted by atomic mass is 32.1. The summed E-state index contributed by atoms with van der Waals surface area (Å²) >= 11 is 1.69. The van der Waals surface area contributed by atoms with E-state index in [2.05, 4.69) is 32.8 Å². The van der Waals surface area contributed by atoms with Crippen LogP contribution in [0.4, 0.5) is 11.6 Å². The molecule has 0 unspecified atom stereocenters. The van der Waals surface area contributed by atoms with Crippen molar-refractivity contribution in [2.24, 2.45) is 0 Å². The van der Waals surface area contributed by atoms with Crippen molar-refractivity contribution in [2.75, 3.05) is 30.9 Å². The van der Waals surface area contributed by atoms with E-state index in [1.165, 1.54) is 10.3 Å². The van der Waals surface area contributed by atoms with Crippen LogP contribution in [0.1, 0.15) is 5.56 Å². The maximum Gasteiger partial charge on any atom is 0.253 e. The highest BCUT2D eigenvalue weighted by molar-refractivity contribution is 7.17. The van der Waals surface area contributed by atoms with E-state index in [9.17, 15) is 0 Å². The Labute approximate surface area is 189 Å². The largest absolute Gasteiger partial charge is 0.593 e. The van der Waals surface area contributed by atoms with Gasteiger partial charge in [-0.15, -0.1) is 11.3 Å². The van der Waals surface area contributed by atoms with Gasteiger partial charge in [-0.2, -0.15) is 0 Å². The van der Waals surface area contributed by atoms with Crippen LogP contribution in [-0.2, 0) is 6.42 Å². The van der Waals surface area contributed by atoms with Gasteiger partial charge in [0.1, 0.15) is 17.4 Å². The Bertz CT molecular complexity index is 1400. The Hall–Kier alpha value is -3.78. The molecule has 3 heterocycles. The molecular weight excluding hydrogens is 420 g/mol. The zero-order valence-electron chi connectivity index (χ0n) is 17.8. The topological polar surface area (TPSA) is 89.7 Å². The van der Waals surface area contributed by atoms with Crippen molar-refractivity contribution in [3.05, 3.63) is 65.8 Å². The van der Waals surface area contributed by atoms with Gasteiger partial charge in [0.15, 0.2) is 17.5 Å². The summed E-state index contributed by atoms with van der Waals surface area (Å²) in [5, 5.41) is 14.4. The molecule has 0 aliphatic heterocycles. The van der Waals surface area contributed by atoms with Crippen LogP contribution in [0.25, 0.3) is 32.5 Å². The van der Waals surface area contributed by atoms with Gasteiger partial charge in [-0.3, -0.25) is 0 Å². The summed E-state index contributed by atoms with van der Waals surface area (Å²) in [4.78, 5) is 20.7. The molecule has 32 heavy (non-hydrogen) atoms. The van der Waals surface area contributed by atoms with Gasteiger partial charge in [0.25, 0.3) is 5.75 Å². The normalized spacial score (nSPS) is 11.2. The SMILES string of the molecule is CN(C)c1ncnc2c(NCCc3ccc([OH2+])cc3)nc(-c3csc4ccccc34)nc12. The zero-order valence-corrected chi connectivity index (χ0v) is 18.6. The van der Waals surface area contributed by atoms with Crippen molar-refractivity contribution in [3.63, 3.8) is 0 Å². The summed E-state index contributed by atoms with van der Waals surface area (Å²) in [5.74, 6) is 2.63. The van der Waals surface area contributed by atoms with Crippen LogP contribution in [-0.4, -0.2) is 45.7 Å². The van der Waals surface area contributed by atoms with Crippen molar-refractivity contribution in [3.8, 4) is 17.1 Å². The van der Waals surface area contributed by atoms with Crippen LogP contribution in [0.15, 0.2) is 60.2 Å². The van der Waals surface area contributed by atoms with Crippen LogP contribution in [0.5, 0.6) is 5.75 Å². The second-order valence-corrected chi connectivity index (χ2v) is 8.62. The molecule has 5 rings (SSSR count). The molecular formula is C24H23N6OS+. The molecule has 2 aromatic carbocycles. The van der Waals surface area contributed by atoms with Crippen LogP contribution in [0.2, 0.25) is 0 Å². The Kier molecular flexibility index (Phi) is 5.28. The Morgan fingerprint density at radius 1 is 0.969 bits per heavy atom. The van der Waals surface area contributed by atoms with Crippen LogP contribution < -0.4 is 10.2 Å². The minimum Gasteiger partial charge on any atom is -0.593 e. The first-order valence-corrected chi connectivity index (χ1v) is 11.2. The number of fused-ring (bicyclic) bond motifs is 2. The molecule has 0 amide bonds. The average molecular weight is 444 g/mol. The van der Waals surface area contributed by atoms with E-state index < -0.39 is 0 Å². The van der Waals surface area contributed by atoms with E-state index in [0.29, 0.717) is 29.5 Å². The minimum absolute atomic E-state index is 0.518. The zero-order chi connectivity index (χ0) is 22.1. The second-order valence-electron chi connectivity index (χ2n) is 7.70. The fraction of sp³-hybridized carbons (Fsp3) is 0.167. The molecule has 0 fully saturated rings. The summed E-state index contributed by atoms with van der Waals surface area (Å²) in [5.41, 5.74) is 3.60. The number of anilines is 2. The van der Waals surface area contributed by atoms with Gasteiger partial charge in [-0.1, -0.05) is 18.2 Å². The van der Waals surface area contributed by atoms with Crippen LogP contribution >= 0.6 is 11.3 Å². The highest BCUT2D eigenvalue weighted by Gasteiger charge is 2.17. The summed E-state index contributed by atoms with van der Waals surface area (Å²) in [6, 6.07) is 15.9. The summed E-state index contributed by atoms with van der Waals surface area (Å²) in [6.07, 6.45) is 2.37. The Morgan fingerprint density at radius 2 is 1.78 bits per heavy atom. The van der Waals surface area contributed by atoms with E-state index in [1.807, 2.05) is 55.4 Å². The third-order valence-corrected chi connectivity index (χ3v) is 6.23. The Morgan fingerprint density at radius 3 is 2.59 bits per heavy atom. The maximum absolute atomic E-state index is 7.65. The molecule has 3 N–H and O–H groups in total. The number of rotatable bonds is 6. The number of aromatic nitrogens is 4. The average Bonchev–Trinajstić information content (AvgIpc) is 3.24. The van der Waals surface area contributed by atoms with E-state index in [-0.39, 0.29) is 0 Å². The molecule has 0 aliphatic carbocycles. The fourth-order valence-electron chi connectivity index (χ4n) is 3.65. The third-order valence-electron chi connectivity index (χ3n) is 5.27. The van der Waals surface area contributed by atoms with Gasteiger partial charge < -0.3 is 15.3 Å². The first-order chi connectivity index (χ1) is 15.6. The van der Waals surface area contributed by atoms with Gasteiger partial charge in [0, 0.05) is 53.8 Å². The molecule has 160 valence electrons. The second kappa shape index (κ2) is 8.39. The van der Waals surface area contributed by atoms with Gasteiger partial charge in [0.2, 0.25) is 0 Å². The van der Waals surface area contributed by atoms with E-state index in [4.69, 9.17) is 15.1 Å². The molecule has 0 bridgehead atoms. The summed E-state index contributed by atoms with van der Waals surface area (Å²) in [7, 11) is 3.90. The summed E-state index contributed by atoms with van der Waals surface area (Å²) < 4.78 is 1.20. The lowest BCUT2D eigenvalue weighted by Crippen LogP contribution is -2.14. The maximum atomic E-state index is 7.65. The molecule has 3 aromatic heterocycles. The molecule has 0 saturated heterocycles. The lowest BCUT2D eigenvalue weighted by molar-refractivity contribution is 0.475. The molecule has 0 atom stereocenters. The molecule has 7 nitrogen and oxygen atoms in total. The quantitative estimate of drug-likeness (QED) is 0.390. The van der Waals surface area contributed by atoms with Gasteiger partial charge in [-0.25, -0.2) is 19.9 Å². The number of nitrogens with zero attached hydrogens (tertiary/aromatic N) is 5. The smallest absolute Gasteiger partial charge is 0.253 e. The summed E-state index contributed by atoms with van der Waals surface area (Å²) in [6.45, 7) is 0.689. The number of hydrogen-bond acceptors (Lipinski definition) is 7. The number of benzene rings is 2. The van der Waals surface area contributed by atoms with Crippen LogP contribution in [0.3, 0.4) is 0 Å². The van der Waals surface area contributed by atoms with Crippen molar-refractivity contribution >= 4 is 44.1 Å². The van der Waals surface area contributed by atoms with E-state index >= 15 is 0 Å².